The zero-order chi connectivity index (χ0) is 15.6. The Labute approximate surface area is 142 Å². The zero-order valence-electron chi connectivity index (χ0n) is 12.4. The minimum Gasteiger partial charge on any atom is -0.436 e. The Morgan fingerprint density at radius 3 is 2.39 bits per heavy atom. The Balaban J connectivity index is 1.77. The summed E-state index contributed by atoms with van der Waals surface area (Å²) in [5, 5.41) is 0. The normalized spacial score (nSPS) is 11.0. The second kappa shape index (κ2) is 6.01. The number of benzene rings is 3. The molecule has 0 aliphatic carbocycles. The van der Waals surface area contributed by atoms with Gasteiger partial charge in [0.1, 0.15) is 5.52 Å². The topological polar surface area (TPSA) is 26.0 Å². The van der Waals surface area contributed by atoms with E-state index in [1.807, 2.05) is 42.5 Å². The smallest absolute Gasteiger partial charge is 0.227 e. The predicted molar refractivity (Wildman–Crippen MR) is 96.4 cm³/mol. The number of hydrogen-bond donors (Lipinski definition) is 0. The molecular weight excluding hydrogens is 350 g/mol. The maximum Gasteiger partial charge on any atom is 0.227 e. The maximum atomic E-state index is 6.07. The number of nitrogens with zero attached hydrogens (tertiary/aromatic N) is 1. The van der Waals surface area contributed by atoms with Crippen LogP contribution in [-0.4, -0.2) is 4.98 Å². The van der Waals surface area contributed by atoms with Crippen molar-refractivity contribution >= 4 is 27.0 Å². The molecule has 0 N–H and O–H groups in total. The lowest BCUT2D eigenvalue weighted by Crippen LogP contribution is -1.87. The van der Waals surface area contributed by atoms with Crippen LogP contribution in [0.5, 0.6) is 0 Å². The highest BCUT2D eigenvalue weighted by molar-refractivity contribution is 9.10. The molecular formula is C20H14BrNO. The fourth-order valence-corrected chi connectivity index (χ4v) is 2.94. The van der Waals surface area contributed by atoms with E-state index in [9.17, 15) is 0 Å². The summed E-state index contributed by atoms with van der Waals surface area (Å²) in [5.41, 5.74) is 5.17. The van der Waals surface area contributed by atoms with Gasteiger partial charge < -0.3 is 4.42 Å². The summed E-state index contributed by atoms with van der Waals surface area (Å²) in [6.07, 6.45) is 0.840. The van der Waals surface area contributed by atoms with E-state index in [2.05, 4.69) is 51.2 Å². The van der Waals surface area contributed by atoms with Gasteiger partial charge in [-0.1, -0.05) is 58.4 Å². The monoisotopic (exact) mass is 363 g/mol. The number of para-hydroxylation sites is 1. The van der Waals surface area contributed by atoms with Crippen molar-refractivity contribution in [2.24, 2.45) is 0 Å². The van der Waals surface area contributed by atoms with Crippen LogP contribution in [0.1, 0.15) is 11.1 Å². The maximum absolute atomic E-state index is 6.07. The summed E-state index contributed by atoms with van der Waals surface area (Å²) >= 11 is 3.45. The van der Waals surface area contributed by atoms with Gasteiger partial charge in [0.05, 0.1) is 0 Å². The van der Waals surface area contributed by atoms with Crippen LogP contribution in [0.2, 0.25) is 0 Å². The minimum absolute atomic E-state index is 0.660. The molecule has 0 saturated heterocycles. The Hall–Kier alpha value is -2.39. The number of oxazole rings is 1. The Kier molecular flexibility index (Phi) is 3.72. The van der Waals surface area contributed by atoms with Crippen LogP contribution in [0.15, 0.2) is 81.7 Å². The van der Waals surface area contributed by atoms with E-state index >= 15 is 0 Å². The predicted octanol–water partition coefficient (Wildman–Crippen LogP) is 5.85. The Bertz CT molecular complexity index is 942. The first-order valence-corrected chi connectivity index (χ1v) is 8.27. The first kappa shape index (κ1) is 14.2. The van der Waals surface area contributed by atoms with Crippen molar-refractivity contribution in [1.29, 1.82) is 0 Å². The van der Waals surface area contributed by atoms with Crippen molar-refractivity contribution in [3.63, 3.8) is 0 Å². The molecule has 0 atom stereocenters. The van der Waals surface area contributed by atoms with E-state index in [-0.39, 0.29) is 0 Å². The zero-order valence-corrected chi connectivity index (χ0v) is 14.0. The van der Waals surface area contributed by atoms with Gasteiger partial charge in [-0.2, -0.15) is 0 Å². The van der Waals surface area contributed by atoms with Crippen molar-refractivity contribution < 1.29 is 4.42 Å². The van der Waals surface area contributed by atoms with Crippen molar-refractivity contribution in [3.05, 3.63) is 88.4 Å². The van der Waals surface area contributed by atoms with Crippen LogP contribution in [0.25, 0.3) is 22.6 Å². The first-order valence-electron chi connectivity index (χ1n) is 7.48. The molecule has 0 amide bonds. The number of halogens is 1. The Morgan fingerprint density at radius 2 is 1.61 bits per heavy atom. The van der Waals surface area contributed by atoms with Gasteiger partial charge in [0, 0.05) is 22.0 Å². The number of hydrogen-bond acceptors (Lipinski definition) is 2. The third kappa shape index (κ3) is 2.92. The summed E-state index contributed by atoms with van der Waals surface area (Å²) in [6.45, 7) is 0. The highest BCUT2D eigenvalue weighted by atomic mass is 79.9. The molecule has 0 aliphatic heterocycles. The van der Waals surface area contributed by atoms with Gasteiger partial charge in [-0.25, -0.2) is 4.98 Å². The van der Waals surface area contributed by atoms with Gasteiger partial charge >= 0.3 is 0 Å². The molecule has 4 aromatic rings. The molecule has 2 nitrogen and oxygen atoms in total. The molecule has 3 aromatic carbocycles. The molecule has 3 heteroatoms. The van der Waals surface area contributed by atoms with Crippen molar-refractivity contribution in [2.45, 2.75) is 6.42 Å². The van der Waals surface area contributed by atoms with Crippen LogP contribution in [0, 0.1) is 0 Å². The fraction of sp³-hybridized carbons (Fsp3) is 0.0500. The van der Waals surface area contributed by atoms with Gasteiger partial charge in [0.15, 0.2) is 5.58 Å². The van der Waals surface area contributed by atoms with Gasteiger partial charge in [-0.3, -0.25) is 0 Å². The molecule has 0 saturated carbocycles. The molecule has 0 fully saturated rings. The largest absolute Gasteiger partial charge is 0.436 e. The third-order valence-electron chi connectivity index (χ3n) is 3.83. The molecule has 0 spiro atoms. The van der Waals surface area contributed by atoms with E-state index < -0.39 is 0 Å². The van der Waals surface area contributed by atoms with Crippen molar-refractivity contribution in [1.82, 2.24) is 4.98 Å². The second-order valence-corrected chi connectivity index (χ2v) is 6.37. The molecule has 23 heavy (non-hydrogen) atoms. The van der Waals surface area contributed by atoms with E-state index in [0.29, 0.717) is 5.89 Å². The minimum atomic E-state index is 0.660. The summed E-state index contributed by atoms with van der Waals surface area (Å²) in [7, 11) is 0. The van der Waals surface area contributed by atoms with Crippen LogP contribution < -0.4 is 0 Å². The van der Waals surface area contributed by atoms with Crippen LogP contribution in [-0.2, 0) is 6.42 Å². The third-order valence-corrected chi connectivity index (χ3v) is 4.35. The highest BCUT2D eigenvalue weighted by Gasteiger charge is 2.11. The lowest BCUT2D eigenvalue weighted by atomic mass is 10.0. The number of rotatable bonds is 3. The summed E-state index contributed by atoms with van der Waals surface area (Å²) in [6, 6.07) is 24.5. The number of fused-ring (bicyclic) bond motifs is 1. The summed E-state index contributed by atoms with van der Waals surface area (Å²) < 4.78 is 7.11. The molecule has 0 bridgehead atoms. The van der Waals surface area contributed by atoms with E-state index in [1.54, 1.807) is 0 Å². The van der Waals surface area contributed by atoms with Crippen molar-refractivity contribution in [3.8, 4) is 11.5 Å². The first-order chi connectivity index (χ1) is 11.3. The van der Waals surface area contributed by atoms with Crippen LogP contribution >= 0.6 is 15.9 Å². The molecule has 0 aliphatic rings. The lowest BCUT2D eigenvalue weighted by Gasteiger charge is -2.02. The van der Waals surface area contributed by atoms with Gasteiger partial charge in [-0.15, -0.1) is 0 Å². The van der Waals surface area contributed by atoms with E-state index in [4.69, 9.17) is 4.42 Å². The Morgan fingerprint density at radius 1 is 0.826 bits per heavy atom. The second-order valence-electron chi connectivity index (χ2n) is 5.45. The molecule has 0 unspecified atom stereocenters. The molecule has 1 heterocycles. The molecule has 1 aromatic heterocycles. The van der Waals surface area contributed by atoms with Crippen LogP contribution in [0.4, 0.5) is 0 Å². The van der Waals surface area contributed by atoms with Gasteiger partial charge in [0.25, 0.3) is 0 Å². The van der Waals surface area contributed by atoms with E-state index in [1.165, 1.54) is 5.56 Å². The van der Waals surface area contributed by atoms with Gasteiger partial charge in [-0.05, 0) is 35.9 Å². The summed E-state index contributed by atoms with van der Waals surface area (Å²) in [5.74, 6) is 0.660. The number of aromatic nitrogens is 1. The summed E-state index contributed by atoms with van der Waals surface area (Å²) in [4.78, 5) is 4.63. The van der Waals surface area contributed by atoms with Gasteiger partial charge in [0.2, 0.25) is 5.89 Å². The molecule has 112 valence electrons. The highest BCUT2D eigenvalue weighted by Crippen LogP contribution is 2.28. The van der Waals surface area contributed by atoms with E-state index in [0.717, 1.165) is 33.1 Å². The van der Waals surface area contributed by atoms with Crippen LogP contribution in [0.3, 0.4) is 0 Å². The molecule has 4 rings (SSSR count). The lowest BCUT2D eigenvalue weighted by molar-refractivity contribution is 0.616. The average molecular weight is 364 g/mol. The SMILES string of the molecule is Brc1ccc(-c2nc3cccc(Cc4ccccc4)c3o2)cc1. The fourth-order valence-electron chi connectivity index (χ4n) is 2.68. The quantitative estimate of drug-likeness (QED) is 0.456. The van der Waals surface area contributed by atoms with Crippen molar-refractivity contribution in [2.75, 3.05) is 0 Å². The average Bonchev–Trinajstić information content (AvgIpc) is 3.02. The standard InChI is InChI=1S/C20H14BrNO/c21-17-11-9-15(10-12-17)20-22-18-8-4-7-16(19(18)23-20)13-14-5-2-1-3-6-14/h1-12H,13H2. The molecule has 0 radical (unpaired) electrons.